The smallest absolute Gasteiger partial charge is 0.314 e. The number of anilines is 2. The van der Waals surface area contributed by atoms with E-state index in [2.05, 4.69) is 29.9 Å². The van der Waals surface area contributed by atoms with Gasteiger partial charge in [0.05, 0.1) is 35.9 Å². The molecule has 30 heteroatoms. The zero-order chi connectivity index (χ0) is 57.7. The zero-order valence-corrected chi connectivity index (χ0v) is 44.3. The summed E-state index contributed by atoms with van der Waals surface area (Å²) in [7, 11) is -3.96. The summed E-state index contributed by atoms with van der Waals surface area (Å²) in [5.41, 5.74) is 0.463. The molecule has 4 heterocycles. The van der Waals surface area contributed by atoms with Crippen LogP contribution in [0.5, 0.6) is 0 Å². The van der Waals surface area contributed by atoms with E-state index in [-0.39, 0.29) is 86.3 Å². The van der Waals surface area contributed by atoms with Crippen molar-refractivity contribution in [1.29, 1.82) is 0 Å². The van der Waals surface area contributed by atoms with E-state index in [0.717, 1.165) is 67.7 Å². The standard InChI is InChI=1S/C24H22ClF4N5O3.C19H14ClF4N3O5S.C6H12N2O/c1-14(35)33-8-6-32(7-9-33)13-21(36)34(17-4-5-19(26)18(25)11-17)12-16-3-2-15(10-20(16)27)23-30-31-24(37-23)22(28)29;1-33(29,30)31-9-16(28)27(12-4-5-14(21)13(20)7-12)8-11-3-2-10(6-15(11)22)18-25-26-19(32-18)17(23)24;1-6(9)8-4-2-7-3-5-8/h2-5,10-11,22H,6-9,12-13H2,1H3;2-7,17H,8-9H2,1H3;7H,2-5H2,1H3. The number of hydrogen-bond acceptors (Lipinski definition) is 15. The molecule has 2 aliphatic heterocycles. The molecule has 2 fully saturated rings. The number of hydrogen-bond donors (Lipinski definition) is 1. The largest absolute Gasteiger partial charge is 0.415 e. The Balaban J connectivity index is 0.000000221. The number of halogens is 10. The number of piperazine rings is 2. The fourth-order valence-electron chi connectivity index (χ4n) is 7.50. The van der Waals surface area contributed by atoms with Crippen molar-refractivity contribution in [3.8, 4) is 22.9 Å². The van der Waals surface area contributed by atoms with Crippen molar-refractivity contribution >= 4 is 68.3 Å². The Morgan fingerprint density at radius 2 is 1.05 bits per heavy atom. The maximum atomic E-state index is 15.1. The van der Waals surface area contributed by atoms with Gasteiger partial charge < -0.3 is 33.8 Å². The number of alkyl halides is 4. The van der Waals surface area contributed by atoms with Crippen LogP contribution in [0.2, 0.25) is 10.0 Å². The fourth-order valence-corrected chi connectivity index (χ4v) is 8.17. The molecule has 0 spiro atoms. The van der Waals surface area contributed by atoms with Crippen LogP contribution in [-0.4, -0.2) is 139 Å². The molecule has 424 valence electrons. The van der Waals surface area contributed by atoms with E-state index in [1.165, 1.54) is 54.3 Å². The number of nitrogens with one attached hydrogen (secondary N) is 1. The summed E-state index contributed by atoms with van der Waals surface area (Å²) in [5.74, 6) is -6.58. The second kappa shape index (κ2) is 27.7. The number of nitrogens with zero attached hydrogens (tertiary/aromatic N) is 9. The highest BCUT2D eigenvalue weighted by Crippen LogP contribution is 2.31. The van der Waals surface area contributed by atoms with Gasteiger partial charge in [-0.2, -0.15) is 26.0 Å². The average molecular weight is 1180 g/mol. The summed E-state index contributed by atoms with van der Waals surface area (Å²) >= 11 is 11.7. The predicted octanol–water partition coefficient (Wildman–Crippen LogP) is 7.86. The molecule has 8 rings (SSSR count). The Hall–Kier alpha value is -7.11. The van der Waals surface area contributed by atoms with Crippen LogP contribution in [0, 0.1) is 23.3 Å². The lowest BCUT2D eigenvalue weighted by Gasteiger charge is -2.35. The van der Waals surface area contributed by atoms with Crippen LogP contribution in [0.15, 0.2) is 81.6 Å². The van der Waals surface area contributed by atoms with Gasteiger partial charge in [0, 0.05) is 99.8 Å². The third-order valence-electron chi connectivity index (χ3n) is 11.7. The van der Waals surface area contributed by atoms with Crippen LogP contribution in [0.25, 0.3) is 22.9 Å². The number of amides is 4. The lowest BCUT2D eigenvalue weighted by Crippen LogP contribution is -2.51. The number of carbonyl (C=O) groups excluding carboxylic acids is 4. The van der Waals surface area contributed by atoms with Crippen LogP contribution in [0.4, 0.5) is 46.5 Å². The Morgan fingerprint density at radius 1 is 0.620 bits per heavy atom. The summed E-state index contributed by atoms with van der Waals surface area (Å²) in [5, 5.41) is 16.0. The summed E-state index contributed by atoms with van der Waals surface area (Å²) in [6, 6.07) is 14.3. The summed E-state index contributed by atoms with van der Waals surface area (Å²) in [4.78, 5) is 55.9. The molecule has 6 aromatic rings. The first-order chi connectivity index (χ1) is 37.4. The molecular weight excluding hydrogens is 1130 g/mol. The number of rotatable bonds is 15. The first kappa shape index (κ1) is 61.1. The van der Waals surface area contributed by atoms with Crippen molar-refractivity contribution in [2.45, 2.75) is 39.8 Å². The van der Waals surface area contributed by atoms with Crippen LogP contribution in [0.3, 0.4) is 0 Å². The molecular formula is C49H48Cl2F8N10O9S. The van der Waals surface area contributed by atoms with Gasteiger partial charge in [0.25, 0.3) is 27.8 Å². The fraction of sp³-hybridized carbons (Fsp3) is 0.347. The molecule has 1 N–H and O–H groups in total. The number of benzene rings is 4. The van der Waals surface area contributed by atoms with E-state index >= 15 is 4.39 Å². The van der Waals surface area contributed by atoms with Gasteiger partial charge >= 0.3 is 12.9 Å². The van der Waals surface area contributed by atoms with Crippen LogP contribution in [0.1, 0.15) is 49.6 Å². The van der Waals surface area contributed by atoms with E-state index in [9.17, 15) is 58.3 Å². The van der Waals surface area contributed by atoms with Crippen molar-refractivity contribution in [2.75, 3.05) is 81.6 Å². The molecule has 0 radical (unpaired) electrons. The first-order valence-electron chi connectivity index (χ1n) is 23.5. The molecule has 4 aromatic carbocycles. The van der Waals surface area contributed by atoms with Gasteiger partial charge in [-0.05, 0) is 60.7 Å². The van der Waals surface area contributed by atoms with Gasteiger partial charge in [0.2, 0.25) is 29.5 Å². The van der Waals surface area contributed by atoms with Crippen molar-refractivity contribution in [3.05, 3.63) is 129 Å². The molecule has 19 nitrogen and oxygen atoms in total. The van der Waals surface area contributed by atoms with E-state index < -0.39 is 77.1 Å². The van der Waals surface area contributed by atoms with Crippen LogP contribution in [-0.2, 0) is 46.6 Å². The second-order valence-electron chi connectivity index (χ2n) is 17.3. The highest BCUT2D eigenvalue weighted by molar-refractivity contribution is 7.86. The first-order valence-corrected chi connectivity index (χ1v) is 26.0. The SMILES string of the molecule is CC(=O)N1CCN(CC(=O)N(Cc2ccc(-c3nnc(C(F)F)o3)cc2F)c2ccc(F)c(Cl)c2)CC1.CC(=O)N1CCNCC1.CS(=O)(=O)OCC(=O)N(Cc1ccc(-c2nnc(C(F)F)o2)cc1F)c1ccc(F)c(Cl)c1. The minimum atomic E-state index is -3.96. The van der Waals surface area contributed by atoms with E-state index in [1.54, 1.807) is 11.8 Å². The molecule has 0 aliphatic carbocycles. The second-order valence-corrected chi connectivity index (χ2v) is 19.7. The average Bonchev–Trinajstić information content (AvgIpc) is 4.15. The lowest BCUT2D eigenvalue weighted by atomic mass is 10.1. The summed E-state index contributed by atoms with van der Waals surface area (Å²) in [6.07, 6.45) is -5.21. The van der Waals surface area contributed by atoms with Crippen LogP contribution < -0.4 is 15.1 Å². The van der Waals surface area contributed by atoms with Gasteiger partial charge in [-0.15, -0.1) is 20.4 Å². The van der Waals surface area contributed by atoms with E-state index in [0.29, 0.717) is 26.2 Å². The molecule has 4 amide bonds. The third-order valence-corrected chi connectivity index (χ3v) is 12.8. The number of carbonyl (C=O) groups is 4. The lowest BCUT2D eigenvalue weighted by molar-refractivity contribution is -0.131. The molecule has 0 atom stereocenters. The molecule has 2 aromatic heterocycles. The minimum Gasteiger partial charge on any atom is -0.415 e. The molecule has 79 heavy (non-hydrogen) atoms. The van der Waals surface area contributed by atoms with Crippen molar-refractivity contribution in [3.63, 3.8) is 0 Å². The predicted molar refractivity (Wildman–Crippen MR) is 269 cm³/mol. The summed E-state index contributed by atoms with van der Waals surface area (Å²) < 4.78 is 144. The number of aromatic nitrogens is 4. The van der Waals surface area contributed by atoms with Crippen molar-refractivity contribution in [2.24, 2.45) is 0 Å². The van der Waals surface area contributed by atoms with Gasteiger partial charge in [-0.3, -0.25) is 28.3 Å². The maximum Gasteiger partial charge on any atom is 0.314 e. The normalized spacial score (nSPS) is 13.9. The maximum absolute atomic E-state index is 15.1. The molecule has 2 saturated heterocycles. The molecule has 0 saturated carbocycles. The molecule has 2 aliphatic rings. The van der Waals surface area contributed by atoms with Gasteiger partial charge in [0.1, 0.15) is 29.9 Å². The highest BCUT2D eigenvalue weighted by atomic mass is 35.5. The third kappa shape index (κ3) is 17.4. The molecule has 0 bridgehead atoms. The summed E-state index contributed by atoms with van der Waals surface area (Å²) in [6.45, 7) is 7.09. The van der Waals surface area contributed by atoms with Gasteiger partial charge in [0.15, 0.2) is 0 Å². The monoisotopic (exact) mass is 1170 g/mol. The van der Waals surface area contributed by atoms with E-state index in [1.807, 2.05) is 9.80 Å². The van der Waals surface area contributed by atoms with Crippen molar-refractivity contribution in [1.82, 2.24) is 40.4 Å². The highest BCUT2D eigenvalue weighted by Gasteiger charge is 2.27. The Kier molecular flexibility index (Phi) is 21.4. The topological polar surface area (TPSA) is 218 Å². The Morgan fingerprint density at radius 3 is 1.42 bits per heavy atom. The van der Waals surface area contributed by atoms with Gasteiger partial charge in [-0.25, -0.2) is 17.6 Å². The van der Waals surface area contributed by atoms with Crippen LogP contribution >= 0.6 is 23.2 Å². The quantitative estimate of drug-likeness (QED) is 0.0765. The zero-order valence-electron chi connectivity index (χ0n) is 42.0. The Bertz CT molecular complexity index is 3240. The Labute approximate surface area is 456 Å². The van der Waals surface area contributed by atoms with E-state index in [4.69, 9.17) is 32.0 Å². The minimum absolute atomic E-state index is 0.0127. The molecule has 0 unspecified atom stereocenters. The van der Waals surface area contributed by atoms with Gasteiger partial charge in [-0.1, -0.05) is 35.3 Å². The van der Waals surface area contributed by atoms with Crippen molar-refractivity contribution < 1.29 is 75.7 Å².